The van der Waals surface area contributed by atoms with Gasteiger partial charge in [0.15, 0.2) is 0 Å². The van der Waals surface area contributed by atoms with Crippen LogP contribution in [-0.4, -0.2) is 11.3 Å². The van der Waals surface area contributed by atoms with Crippen molar-refractivity contribution in [3.63, 3.8) is 0 Å². The van der Waals surface area contributed by atoms with Gasteiger partial charge in [0.1, 0.15) is 0 Å². The van der Waals surface area contributed by atoms with Gasteiger partial charge in [0.05, 0.1) is 16.8 Å². The highest BCUT2D eigenvalue weighted by molar-refractivity contribution is 5.86. The van der Waals surface area contributed by atoms with E-state index in [0.29, 0.717) is 11.8 Å². The van der Waals surface area contributed by atoms with E-state index in [4.69, 9.17) is 5.73 Å². The largest absolute Gasteiger partial charge is 0.416 e. The van der Waals surface area contributed by atoms with Crippen molar-refractivity contribution in [1.82, 2.24) is 0 Å². The van der Waals surface area contributed by atoms with Gasteiger partial charge >= 0.3 is 12.4 Å². The molecule has 1 aromatic rings. The molecule has 0 spiro atoms. The van der Waals surface area contributed by atoms with Crippen molar-refractivity contribution in [2.24, 2.45) is 10.7 Å². The van der Waals surface area contributed by atoms with Crippen molar-refractivity contribution in [3.8, 4) is 0 Å². The molecule has 0 aliphatic rings. The molecule has 0 saturated carbocycles. The van der Waals surface area contributed by atoms with Gasteiger partial charge in [-0.05, 0) is 45.4 Å². The number of nitrogens with two attached hydrogens (primary N) is 1. The van der Waals surface area contributed by atoms with E-state index in [1.807, 2.05) is 0 Å². The molecule has 2 N–H and O–H groups in total. The fourth-order valence-corrected chi connectivity index (χ4v) is 2.18. The molecule has 130 valence electrons. The normalized spacial score (nSPS) is 14.3. The van der Waals surface area contributed by atoms with Crippen LogP contribution < -0.4 is 5.73 Å². The molecule has 0 unspecified atom stereocenters. The summed E-state index contributed by atoms with van der Waals surface area (Å²) in [5.41, 5.74) is 2.05. The van der Waals surface area contributed by atoms with Crippen LogP contribution in [0.25, 0.3) is 0 Å². The summed E-state index contributed by atoms with van der Waals surface area (Å²) >= 11 is 0. The van der Waals surface area contributed by atoms with Crippen LogP contribution in [0.15, 0.2) is 17.1 Å². The first-order chi connectivity index (χ1) is 10.1. The second kappa shape index (κ2) is 6.14. The smallest absolute Gasteiger partial charge is 0.325 e. The summed E-state index contributed by atoms with van der Waals surface area (Å²) in [6.07, 6.45) is -9.54. The van der Waals surface area contributed by atoms with Crippen molar-refractivity contribution in [2.45, 2.75) is 52.0 Å². The fraction of sp³-hybridized carbons (Fsp3) is 0.533. The van der Waals surface area contributed by atoms with Crippen molar-refractivity contribution in [3.05, 3.63) is 28.8 Å². The Morgan fingerprint density at radius 1 is 1.04 bits per heavy atom. The number of halogens is 6. The summed E-state index contributed by atoms with van der Waals surface area (Å²) in [5, 5.41) is 0. The van der Waals surface area contributed by atoms with Gasteiger partial charge in [0.2, 0.25) is 0 Å². The van der Waals surface area contributed by atoms with Gasteiger partial charge in [-0.2, -0.15) is 26.3 Å². The van der Waals surface area contributed by atoms with Gasteiger partial charge in [-0.1, -0.05) is 0 Å². The van der Waals surface area contributed by atoms with Crippen LogP contribution in [0.3, 0.4) is 0 Å². The summed E-state index contributed by atoms with van der Waals surface area (Å²) in [5.74, 6) is 0. The Morgan fingerprint density at radius 3 is 1.96 bits per heavy atom. The molecule has 0 bridgehead atoms. The Morgan fingerprint density at radius 2 is 1.57 bits per heavy atom. The molecule has 0 aliphatic heterocycles. The first-order valence-corrected chi connectivity index (χ1v) is 6.73. The quantitative estimate of drug-likeness (QED) is 0.592. The van der Waals surface area contributed by atoms with Gasteiger partial charge in [0, 0.05) is 17.7 Å². The van der Waals surface area contributed by atoms with Gasteiger partial charge in [-0.15, -0.1) is 0 Å². The molecular weight excluding hydrogens is 322 g/mol. The third-order valence-corrected chi connectivity index (χ3v) is 3.04. The zero-order valence-electron chi connectivity index (χ0n) is 13.2. The summed E-state index contributed by atoms with van der Waals surface area (Å²) < 4.78 is 77.4. The predicted molar refractivity (Wildman–Crippen MR) is 76.8 cm³/mol. The van der Waals surface area contributed by atoms with Crippen molar-refractivity contribution >= 4 is 11.4 Å². The number of aliphatic imine (C=N–C) groups is 1. The van der Waals surface area contributed by atoms with Crippen LogP contribution in [0, 0.1) is 6.92 Å². The monoisotopic (exact) mass is 340 g/mol. The second-order valence-corrected chi connectivity index (χ2v) is 6.18. The molecule has 23 heavy (non-hydrogen) atoms. The number of hydrogen-bond acceptors (Lipinski definition) is 2. The summed E-state index contributed by atoms with van der Waals surface area (Å²) in [6.45, 7) is 5.99. The lowest BCUT2D eigenvalue weighted by Crippen LogP contribution is -2.33. The lowest BCUT2D eigenvalue weighted by atomic mass is 9.98. The van der Waals surface area contributed by atoms with E-state index >= 15 is 0 Å². The maximum atomic E-state index is 13.0. The van der Waals surface area contributed by atoms with E-state index in [9.17, 15) is 26.3 Å². The predicted octanol–water partition coefficient (Wildman–Crippen LogP) is 5.25. The highest BCUT2D eigenvalue weighted by Gasteiger charge is 2.38. The molecule has 0 aliphatic carbocycles. The SMILES string of the molecule is CC(CC(C)(C)N)=Nc1cc(C(F)(F)F)cc(C(F)(F)F)c1C. The molecule has 0 heterocycles. The zero-order chi connectivity index (χ0) is 18.2. The third kappa shape index (κ3) is 5.53. The Labute approximate surface area is 130 Å². The molecule has 0 amide bonds. The highest BCUT2D eigenvalue weighted by atomic mass is 19.4. The van der Waals surface area contributed by atoms with Crippen molar-refractivity contribution in [2.75, 3.05) is 0 Å². The summed E-state index contributed by atoms with van der Waals surface area (Å²) in [4.78, 5) is 3.93. The van der Waals surface area contributed by atoms with E-state index in [1.54, 1.807) is 13.8 Å². The van der Waals surface area contributed by atoms with Crippen LogP contribution >= 0.6 is 0 Å². The minimum atomic E-state index is -4.89. The van der Waals surface area contributed by atoms with E-state index in [1.165, 1.54) is 6.92 Å². The summed E-state index contributed by atoms with van der Waals surface area (Å²) in [6, 6.07) is 0.730. The molecule has 2 nitrogen and oxygen atoms in total. The standard InChI is InChI=1S/C15H18F6N2/c1-8(7-13(3,4)22)23-12-6-10(14(16,17)18)5-11(9(12)2)15(19,20)21/h5-6H,7,22H2,1-4H3. The number of hydrogen-bond donors (Lipinski definition) is 1. The molecule has 0 atom stereocenters. The van der Waals surface area contributed by atoms with Crippen LogP contribution in [0.5, 0.6) is 0 Å². The maximum Gasteiger partial charge on any atom is 0.416 e. The molecule has 0 fully saturated rings. The Bertz CT molecular complexity index is 606. The Hall–Kier alpha value is -1.57. The highest BCUT2D eigenvalue weighted by Crippen LogP contribution is 2.41. The van der Waals surface area contributed by atoms with Crippen LogP contribution in [0.2, 0.25) is 0 Å². The lowest BCUT2D eigenvalue weighted by molar-refractivity contribution is -0.143. The van der Waals surface area contributed by atoms with Crippen molar-refractivity contribution in [1.29, 1.82) is 0 Å². The minimum absolute atomic E-state index is 0.108. The van der Waals surface area contributed by atoms with Crippen LogP contribution in [-0.2, 0) is 12.4 Å². The number of alkyl halides is 6. The van der Waals surface area contributed by atoms with Crippen LogP contribution in [0.4, 0.5) is 32.0 Å². The Balaban J connectivity index is 3.50. The van der Waals surface area contributed by atoms with E-state index in [-0.39, 0.29) is 23.7 Å². The molecule has 8 heteroatoms. The van der Waals surface area contributed by atoms with E-state index in [0.717, 1.165) is 6.92 Å². The third-order valence-electron chi connectivity index (χ3n) is 3.04. The number of benzene rings is 1. The fourth-order valence-electron chi connectivity index (χ4n) is 2.18. The van der Waals surface area contributed by atoms with Gasteiger partial charge in [0.25, 0.3) is 0 Å². The van der Waals surface area contributed by atoms with Gasteiger partial charge in [-0.3, -0.25) is 4.99 Å². The topological polar surface area (TPSA) is 38.4 Å². The maximum absolute atomic E-state index is 13.0. The second-order valence-electron chi connectivity index (χ2n) is 6.18. The first-order valence-electron chi connectivity index (χ1n) is 6.73. The first kappa shape index (κ1) is 19.5. The number of rotatable bonds is 3. The average Bonchev–Trinajstić information content (AvgIpc) is 2.25. The number of nitrogens with zero attached hydrogens (tertiary/aromatic N) is 1. The van der Waals surface area contributed by atoms with Gasteiger partial charge in [-0.25, -0.2) is 0 Å². The van der Waals surface area contributed by atoms with E-state index < -0.39 is 29.0 Å². The molecular formula is C15H18F6N2. The van der Waals surface area contributed by atoms with Gasteiger partial charge < -0.3 is 5.73 Å². The molecule has 1 rings (SSSR count). The van der Waals surface area contributed by atoms with Crippen LogP contribution in [0.1, 0.15) is 43.9 Å². The Kier molecular flexibility index (Phi) is 5.20. The molecule has 0 radical (unpaired) electrons. The van der Waals surface area contributed by atoms with E-state index in [2.05, 4.69) is 4.99 Å². The van der Waals surface area contributed by atoms with Crippen molar-refractivity contribution < 1.29 is 26.3 Å². The molecule has 1 aromatic carbocycles. The zero-order valence-corrected chi connectivity index (χ0v) is 13.2. The average molecular weight is 340 g/mol. The minimum Gasteiger partial charge on any atom is -0.325 e. The lowest BCUT2D eigenvalue weighted by Gasteiger charge is -2.19. The summed E-state index contributed by atoms with van der Waals surface area (Å²) in [7, 11) is 0. The molecule has 0 saturated heterocycles. The molecule has 0 aromatic heterocycles.